The molecule has 0 unspecified atom stereocenters. The van der Waals surface area contributed by atoms with Crippen LogP contribution >= 0.6 is 0 Å². The summed E-state index contributed by atoms with van der Waals surface area (Å²) in [5.74, 6) is -2.77. The number of aryl methyl sites for hydroxylation is 1. The SMILES string of the molecule is O=C(COC1(CCc2ccc([C@@H]3[C@@H](CC[C@H](O)c4ccc(F)cc4)C(=O)N3c3ccc(F)cc3)cc2)COC1)NC1(C(=O)O)CCCC1. The van der Waals surface area contributed by atoms with Crippen LogP contribution in [0, 0.1) is 17.6 Å². The van der Waals surface area contributed by atoms with E-state index in [1.165, 1.54) is 36.4 Å². The van der Waals surface area contributed by atoms with Crippen LogP contribution in [-0.4, -0.2) is 59.0 Å². The highest BCUT2D eigenvalue weighted by molar-refractivity contribution is 6.03. The van der Waals surface area contributed by atoms with Crippen molar-refractivity contribution >= 4 is 23.5 Å². The molecule has 6 rings (SSSR count). The maximum absolute atomic E-state index is 13.7. The number of hydrogen-bond acceptors (Lipinski definition) is 6. The van der Waals surface area contributed by atoms with Crippen LogP contribution in [0.25, 0.3) is 0 Å². The summed E-state index contributed by atoms with van der Waals surface area (Å²) in [5, 5.41) is 23.1. The van der Waals surface area contributed by atoms with Gasteiger partial charge >= 0.3 is 5.97 Å². The molecule has 0 spiro atoms. The van der Waals surface area contributed by atoms with Crippen LogP contribution in [0.2, 0.25) is 0 Å². The zero-order chi connectivity index (χ0) is 33.9. The summed E-state index contributed by atoms with van der Waals surface area (Å²) in [7, 11) is 0. The first-order chi connectivity index (χ1) is 23.1. The average Bonchev–Trinajstić information content (AvgIpc) is 3.54. The molecular weight excluding hydrogens is 622 g/mol. The third kappa shape index (κ3) is 7.13. The molecule has 9 nitrogen and oxygen atoms in total. The Kier molecular flexibility index (Phi) is 9.91. The van der Waals surface area contributed by atoms with Gasteiger partial charge in [-0.2, -0.15) is 0 Å². The molecule has 254 valence electrons. The van der Waals surface area contributed by atoms with Gasteiger partial charge in [-0.25, -0.2) is 13.6 Å². The van der Waals surface area contributed by atoms with Gasteiger partial charge < -0.3 is 29.9 Å². The quantitative estimate of drug-likeness (QED) is 0.197. The monoisotopic (exact) mass is 662 g/mol. The molecule has 0 aromatic heterocycles. The molecule has 3 N–H and O–H groups in total. The number of aliphatic hydroxyl groups is 1. The predicted octanol–water partition coefficient (Wildman–Crippen LogP) is 5.41. The van der Waals surface area contributed by atoms with E-state index in [4.69, 9.17) is 9.47 Å². The van der Waals surface area contributed by atoms with Crippen molar-refractivity contribution < 1.29 is 42.9 Å². The topological polar surface area (TPSA) is 125 Å². The van der Waals surface area contributed by atoms with Crippen molar-refractivity contribution in [1.29, 1.82) is 0 Å². The second-order valence-corrected chi connectivity index (χ2v) is 13.2. The van der Waals surface area contributed by atoms with Gasteiger partial charge in [0, 0.05) is 5.69 Å². The highest BCUT2D eigenvalue weighted by Gasteiger charge is 2.49. The van der Waals surface area contributed by atoms with Crippen LogP contribution in [0.5, 0.6) is 0 Å². The number of hydrogen-bond donors (Lipinski definition) is 3. The van der Waals surface area contributed by atoms with Gasteiger partial charge in [0.1, 0.15) is 29.4 Å². The van der Waals surface area contributed by atoms with Crippen molar-refractivity contribution in [2.45, 2.75) is 74.7 Å². The van der Waals surface area contributed by atoms with E-state index in [9.17, 15) is 33.4 Å². The van der Waals surface area contributed by atoms with E-state index < -0.39 is 40.9 Å². The third-order valence-electron chi connectivity index (χ3n) is 10.0. The van der Waals surface area contributed by atoms with Crippen LogP contribution in [0.4, 0.5) is 14.5 Å². The molecule has 48 heavy (non-hydrogen) atoms. The first-order valence-corrected chi connectivity index (χ1v) is 16.5. The number of anilines is 1. The number of nitrogens with zero attached hydrogens (tertiary/aromatic N) is 1. The molecule has 2 saturated heterocycles. The smallest absolute Gasteiger partial charge is 0.329 e. The fourth-order valence-electron chi connectivity index (χ4n) is 7.07. The Morgan fingerprint density at radius 1 is 0.958 bits per heavy atom. The molecule has 3 aromatic rings. The summed E-state index contributed by atoms with van der Waals surface area (Å²) in [6, 6.07) is 19.1. The molecular formula is C37H40F2N2O7. The van der Waals surface area contributed by atoms with Gasteiger partial charge in [-0.15, -0.1) is 0 Å². The largest absolute Gasteiger partial charge is 0.480 e. The molecule has 3 atom stereocenters. The zero-order valence-corrected chi connectivity index (χ0v) is 26.6. The number of carbonyl (C=O) groups excluding carboxylic acids is 2. The number of amides is 2. The Morgan fingerprint density at radius 2 is 1.58 bits per heavy atom. The van der Waals surface area contributed by atoms with E-state index in [1.807, 2.05) is 24.3 Å². The van der Waals surface area contributed by atoms with Crippen molar-refractivity contribution in [3.05, 3.63) is 101 Å². The molecule has 3 aromatic carbocycles. The number of halogens is 2. The minimum Gasteiger partial charge on any atom is -0.480 e. The molecule has 3 aliphatic rings. The molecule has 1 saturated carbocycles. The Bertz CT molecular complexity index is 1600. The first-order valence-electron chi connectivity index (χ1n) is 16.5. The van der Waals surface area contributed by atoms with Gasteiger partial charge in [-0.1, -0.05) is 49.2 Å². The third-order valence-corrected chi connectivity index (χ3v) is 10.0. The summed E-state index contributed by atoms with van der Waals surface area (Å²) in [6.07, 6.45) is 3.44. The van der Waals surface area contributed by atoms with Crippen LogP contribution in [0.15, 0.2) is 72.8 Å². The Balaban J connectivity index is 1.09. The summed E-state index contributed by atoms with van der Waals surface area (Å²) >= 11 is 0. The minimum atomic E-state index is -1.22. The fourth-order valence-corrected chi connectivity index (χ4v) is 7.07. The maximum atomic E-state index is 13.7. The maximum Gasteiger partial charge on any atom is 0.329 e. The summed E-state index contributed by atoms with van der Waals surface area (Å²) in [6.45, 7) is 0.429. The van der Waals surface area contributed by atoms with Crippen molar-refractivity contribution in [3.63, 3.8) is 0 Å². The highest BCUT2D eigenvalue weighted by atomic mass is 19.1. The first kappa shape index (κ1) is 33.7. The lowest BCUT2D eigenvalue weighted by Crippen LogP contribution is -2.56. The van der Waals surface area contributed by atoms with Gasteiger partial charge in [0.25, 0.3) is 0 Å². The van der Waals surface area contributed by atoms with Gasteiger partial charge in [-0.05, 0) is 91.6 Å². The fraction of sp³-hybridized carbons (Fsp3) is 0.432. The van der Waals surface area contributed by atoms with Crippen molar-refractivity contribution in [1.82, 2.24) is 5.32 Å². The number of rotatable bonds is 14. The summed E-state index contributed by atoms with van der Waals surface area (Å²) < 4.78 is 38.5. The van der Waals surface area contributed by atoms with Crippen molar-refractivity contribution in [2.75, 3.05) is 24.7 Å². The number of carbonyl (C=O) groups is 3. The molecule has 11 heteroatoms. The Labute approximate surface area is 277 Å². The lowest BCUT2D eigenvalue weighted by molar-refractivity contribution is -0.212. The number of β-lactam (4-membered cyclic amide) rings is 1. The van der Waals surface area contributed by atoms with Crippen LogP contribution in [0.1, 0.15) is 73.8 Å². The zero-order valence-electron chi connectivity index (χ0n) is 26.6. The number of carboxylic acid groups (broad SMARTS) is 1. The van der Waals surface area contributed by atoms with Crippen molar-refractivity contribution in [2.24, 2.45) is 5.92 Å². The predicted molar refractivity (Wildman–Crippen MR) is 172 cm³/mol. The van der Waals surface area contributed by atoms with Crippen LogP contribution in [0.3, 0.4) is 0 Å². The van der Waals surface area contributed by atoms with E-state index >= 15 is 0 Å². The standard InChI is InChI=1S/C37H40F2N2O7/c38-27-9-7-25(8-10-27)31(42)16-15-30-33(41(34(30)44)29-13-11-28(39)12-14-29)26-5-3-24(4-6-26)17-20-36(22-47-23-36)48-21-32(43)40-37(35(45)46)18-1-2-19-37/h3-14,30-31,33,42H,1-2,15-23H2,(H,40,43)(H,45,46)/t30-,31+,33-/m1/s1. The number of aliphatic hydroxyl groups excluding tert-OH is 1. The second kappa shape index (κ2) is 14.1. The number of aliphatic carboxylic acids is 1. The summed E-state index contributed by atoms with van der Waals surface area (Å²) in [4.78, 5) is 39.5. The average molecular weight is 663 g/mol. The number of nitrogens with one attached hydrogen (secondary N) is 1. The van der Waals surface area contributed by atoms with Gasteiger partial charge in [-0.3, -0.25) is 9.59 Å². The highest BCUT2D eigenvalue weighted by Crippen LogP contribution is 2.46. The Hall–Kier alpha value is -4.19. The normalized spacial score (nSPS) is 21.6. The van der Waals surface area contributed by atoms with Gasteiger partial charge in [0.05, 0.1) is 31.3 Å². The second-order valence-electron chi connectivity index (χ2n) is 13.2. The van der Waals surface area contributed by atoms with Gasteiger partial charge in [0.2, 0.25) is 11.8 Å². The Morgan fingerprint density at radius 3 is 2.17 bits per heavy atom. The number of carboxylic acids is 1. The molecule has 1 aliphatic carbocycles. The molecule has 2 heterocycles. The van der Waals surface area contributed by atoms with E-state index in [-0.39, 0.29) is 24.4 Å². The molecule has 0 radical (unpaired) electrons. The summed E-state index contributed by atoms with van der Waals surface area (Å²) in [5.41, 5.74) is 1.23. The molecule has 2 aliphatic heterocycles. The van der Waals surface area contributed by atoms with E-state index in [0.717, 1.165) is 24.0 Å². The number of benzene rings is 3. The van der Waals surface area contributed by atoms with E-state index in [0.29, 0.717) is 63.0 Å². The number of ether oxygens (including phenoxy) is 2. The minimum absolute atomic E-state index is 0.114. The molecule has 2 amide bonds. The molecule has 0 bridgehead atoms. The lowest BCUT2D eigenvalue weighted by Gasteiger charge is -2.48. The molecule has 3 fully saturated rings. The van der Waals surface area contributed by atoms with Crippen LogP contribution in [-0.2, 0) is 30.3 Å². The van der Waals surface area contributed by atoms with Crippen LogP contribution < -0.4 is 10.2 Å². The van der Waals surface area contributed by atoms with Gasteiger partial charge in [0.15, 0.2) is 0 Å². The van der Waals surface area contributed by atoms with E-state index in [1.54, 1.807) is 17.0 Å². The lowest BCUT2D eigenvalue weighted by atomic mass is 9.78. The van der Waals surface area contributed by atoms with E-state index in [2.05, 4.69) is 5.32 Å². The van der Waals surface area contributed by atoms with Crippen molar-refractivity contribution in [3.8, 4) is 0 Å².